The van der Waals surface area contributed by atoms with E-state index in [9.17, 15) is 9.59 Å². The van der Waals surface area contributed by atoms with Crippen LogP contribution in [0.5, 0.6) is 5.75 Å². The van der Waals surface area contributed by atoms with Crippen LogP contribution in [-0.4, -0.2) is 36.0 Å². The molecule has 1 unspecified atom stereocenters. The highest BCUT2D eigenvalue weighted by Gasteiger charge is 2.31. The Balaban J connectivity index is 1.51. The minimum Gasteiger partial charge on any atom is -0.493 e. The Morgan fingerprint density at radius 1 is 1.00 bits per heavy atom. The quantitative estimate of drug-likeness (QED) is 0.775. The number of aryl methyl sites for hydroxylation is 2. The number of fused-ring (bicyclic) bond motifs is 2. The summed E-state index contributed by atoms with van der Waals surface area (Å²) in [6.07, 6.45) is 4.08. The maximum atomic E-state index is 13.1. The second-order valence-corrected chi connectivity index (χ2v) is 7.87. The van der Waals surface area contributed by atoms with Crippen LogP contribution in [-0.2, 0) is 0 Å². The highest BCUT2D eigenvalue weighted by Crippen LogP contribution is 2.31. The molecule has 2 aliphatic rings. The molecule has 29 heavy (non-hydrogen) atoms. The topological polar surface area (TPSA) is 70.7 Å². The van der Waals surface area contributed by atoms with Crippen molar-refractivity contribution in [2.24, 2.45) is 0 Å². The number of rotatable bonds is 2. The van der Waals surface area contributed by atoms with Crippen LogP contribution in [0.4, 0.5) is 16.2 Å². The van der Waals surface area contributed by atoms with E-state index < -0.39 is 0 Å². The van der Waals surface area contributed by atoms with Gasteiger partial charge >= 0.3 is 6.03 Å². The average Bonchev–Trinajstić information content (AvgIpc) is 2.70. The van der Waals surface area contributed by atoms with E-state index in [1.54, 1.807) is 18.2 Å². The Morgan fingerprint density at radius 2 is 1.76 bits per heavy atom. The van der Waals surface area contributed by atoms with Gasteiger partial charge in [-0.1, -0.05) is 6.07 Å². The van der Waals surface area contributed by atoms with Gasteiger partial charge in [-0.2, -0.15) is 0 Å². The second-order valence-electron chi connectivity index (χ2n) is 7.87. The van der Waals surface area contributed by atoms with Crippen molar-refractivity contribution in [1.82, 2.24) is 4.90 Å². The standard InChI is InChI=1S/C23H27N3O3/c1-15-6-7-17(13-16(15)2)24-23(28)25-18-8-9-21-20(14-18)22(27)26-11-4-3-5-19(26)10-12-29-21/h6-9,13-14,19H,3-5,10-12H2,1-2H3,(H2,24,25,28). The summed E-state index contributed by atoms with van der Waals surface area (Å²) in [5.41, 5.74) is 4.10. The molecule has 152 valence electrons. The Hall–Kier alpha value is -3.02. The summed E-state index contributed by atoms with van der Waals surface area (Å²) in [5, 5.41) is 5.67. The molecule has 2 N–H and O–H groups in total. The van der Waals surface area contributed by atoms with Gasteiger partial charge in [0.25, 0.3) is 5.91 Å². The lowest BCUT2D eigenvalue weighted by molar-refractivity contribution is 0.0548. The number of hydrogen-bond acceptors (Lipinski definition) is 3. The Kier molecular flexibility index (Phi) is 5.43. The molecule has 2 heterocycles. The number of anilines is 2. The third-order valence-electron chi connectivity index (χ3n) is 5.83. The van der Waals surface area contributed by atoms with Crippen LogP contribution in [0.1, 0.15) is 47.2 Å². The predicted molar refractivity (Wildman–Crippen MR) is 114 cm³/mol. The van der Waals surface area contributed by atoms with E-state index >= 15 is 0 Å². The van der Waals surface area contributed by atoms with Gasteiger partial charge in [-0.3, -0.25) is 4.79 Å². The van der Waals surface area contributed by atoms with Crippen molar-refractivity contribution in [3.63, 3.8) is 0 Å². The van der Waals surface area contributed by atoms with Gasteiger partial charge in [0.05, 0.1) is 12.2 Å². The number of piperidine rings is 1. The SMILES string of the molecule is Cc1ccc(NC(=O)Nc2ccc3c(c2)C(=O)N2CCCCC2CCO3)cc1C. The van der Waals surface area contributed by atoms with Gasteiger partial charge in [0.1, 0.15) is 5.75 Å². The second kappa shape index (κ2) is 8.15. The maximum Gasteiger partial charge on any atom is 0.323 e. The molecule has 1 saturated heterocycles. The molecule has 0 radical (unpaired) electrons. The lowest BCUT2D eigenvalue weighted by Gasteiger charge is -2.37. The van der Waals surface area contributed by atoms with Gasteiger partial charge in [0.2, 0.25) is 0 Å². The number of nitrogens with one attached hydrogen (secondary N) is 2. The Bertz CT molecular complexity index is 941. The monoisotopic (exact) mass is 393 g/mol. The van der Waals surface area contributed by atoms with Crippen LogP contribution in [0.25, 0.3) is 0 Å². The highest BCUT2D eigenvalue weighted by molar-refractivity contribution is 6.02. The van der Waals surface area contributed by atoms with Crippen molar-refractivity contribution >= 4 is 23.3 Å². The molecule has 0 bridgehead atoms. The van der Waals surface area contributed by atoms with E-state index in [1.807, 2.05) is 36.9 Å². The molecule has 1 atom stereocenters. The van der Waals surface area contributed by atoms with E-state index in [2.05, 4.69) is 10.6 Å². The molecule has 2 aliphatic heterocycles. The minimum atomic E-state index is -0.344. The first-order valence-electron chi connectivity index (χ1n) is 10.2. The van der Waals surface area contributed by atoms with Crippen LogP contribution >= 0.6 is 0 Å². The van der Waals surface area contributed by atoms with E-state index in [0.717, 1.165) is 43.5 Å². The van der Waals surface area contributed by atoms with Crippen molar-refractivity contribution in [1.29, 1.82) is 0 Å². The van der Waals surface area contributed by atoms with E-state index in [4.69, 9.17) is 4.74 Å². The molecule has 2 aromatic carbocycles. The first-order valence-corrected chi connectivity index (χ1v) is 10.2. The smallest absolute Gasteiger partial charge is 0.323 e. The average molecular weight is 393 g/mol. The minimum absolute atomic E-state index is 0.0115. The highest BCUT2D eigenvalue weighted by atomic mass is 16.5. The summed E-state index contributed by atoms with van der Waals surface area (Å²) < 4.78 is 5.85. The van der Waals surface area contributed by atoms with Gasteiger partial charge in [-0.15, -0.1) is 0 Å². The van der Waals surface area contributed by atoms with Crippen molar-refractivity contribution in [3.8, 4) is 5.75 Å². The summed E-state index contributed by atoms with van der Waals surface area (Å²) in [6.45, 7) is 5.42. The predicted octanol–water partition coefficient (Wildman–Crippen LogP) is 4.72. The zero-order valence-corrected chi connectivity index (χ0v) is 17.0. The first-order chi connectivity index (χ1) is 14.0. The van der Waals surface area contributed by atoms with Crippen LogP contribution in [0.15, 0.2) is 36.4 Å². The molecule has 3 amide bonds. The first kappa shape index (κ1) is 19.3. The summed E-state index contributed by atoms with van der Waals surface area (Å²) in [4.78, 5) is 27.5. The summed E-state index contributed by atoms with van der Waals surface area (Å²) in [6, 6.07) is 10.9. The molecule has 6 nitrogen and oxygen atoms in total. The lowest BCUT2D eigenvalue weighted by atomic mass is 9.97. The number of amides is 3. The van der Waals surface area contributed by atoms with E-state index in [1.165, 1.54) is 5.56 Å². The van der Waals surface area contributed by atoms with Gasteiger partial charge in [-0.05, 0) is 74.6 Å². The number of ether oxygens (including phenoxy) is 1. The fourth-order valence-corrected chi connectivity index (χ4v) is 4.04. The van der Waals surface area contributed by atoms with Crippen molar-refractivity contribution in [3.05, 3.63) is 53.1 Å². The number of carbonyl (C=O) groups is 2. The molecule has 0 saturated carbocycles. The number of carbonyl (C=O) groups excluding carboxylic acids is 2. The van der Waals surface area contributed by atoms with Gasteiger partial charge in [-0.25, -0.2) is 4.79 Å². The molecule has 0 spiro atoms. The summed E-state index contributed by atoms with van der Waals surface area (Å²) in [7, 11) is 0. The Morgan fingerprint density at radius 3 is 2.55 bits per heavy atom. The summed E-state index contributed by atoms with van der Waals surface area (Å²) in [5.74, 6) is 0.571. The molecule has 1 fully saturated rings. The fourth-order valence-electron chi connectivity index (χ4n) is 4.04. The zero-order valence-electron chi connectivity index (χ0n) is 17.0. The Labute approximate surface area is 171 Å². The number of hydrogen-bond donors (Lipinski definition) is 2. The molecular formula is C23H27N3O3. The van der Waals surface area contributed by atoms with E-state index in [-0.39, 0.29) is 18.0 Å². The van der Waals surface area contributed by atoms with Crippen LogP contribution in [0, 0.1) is 13.8 Å². The number of urea groups is 1. The lowest BCUT2D eigenvalue weighted by Crippen LogP contribution is -2.45. The fraction of sp³-hybridized carbons (Fsp3) is 0.391. The molecule has 0 aromatic heterocycles. The molecule has 6 heteroatoms. The maximum absolute atomic E-state index is 13.1. The van der Waals surface area contributed by atoms with E-state index in [0.29, 0.717) is 23.6 Å². The largest absolute Gasteiger partial charge is 0.493 e. The normalized spacial score (nSPS) is 18.6. The molecule has 4 rings (SSSR count). The molecule has 2 aromatic rings. The van der Waals surface area contributed by atoms with Crippen LogP contribution in [0.2, 0.25) is 0 Å². The van der Waals surface area contributed by atoms with Gasteiger partial charge < -0.3 is 20.3 Å². The zero-order chi connectivity index (χ0) is 20.4. The van der Waals surface area contributed by atoms with Crippen molar-refractivity contribution < 1.29 is 14.3 Å². The molecule has 0 aliphatic carbocycles. The van der Waals surface area contributed by atoms with Gasteiger partial charge in [0.15, 0.2) is 0 Å². The third-order valence-corrected chi connectivity index (χ3v) is 5.83. The number of nitrogens with zero attached hydrogens (tertiary/aromatic N) is 1. The van der Waals surface area contributed by atoms with Crippen LogP contribution in [0.3, 0.4) is 0 Å². The molecular weight excluding hydrogens is 366 g/mol. The van der Waals surface area contributed by atoms with Crippen molar-refractivity contribution in [2.75, 3.05) is 23.8 Å². The third kappa shape index (κ3) is 4.21. The number of benzene rings is 2. The summed E-state index contributed by atoms with van der Waals surface area (Å²) >= 11 is 0. The van der Waals surface area contributed by atoms with Crippen molar-refractivity contribution in [2.45, 2.75) is 45.6 Å². The van der Waals surface area contributed by atoms with Crippen LogP contribution < -0.4 is 15.4 Å². The van der Waals surface area contributed by atoms with Gasteiger partial charge in [0, 0.05) is 30.4 Å².